The number of hydrogen-bond donors (Lipinski definition) is 2. The molecule has 1 aliphatic carbocycles. The summed E-state index contributed by atoms with van der Waals surface area (Å²) in [7, 11) is 0. The van der Waals surface area contributed by atoms with Crippen molar-refractivity contribution in [3.05, 3.63) is 20.8 Å². The predicted molar refractivity (Wildman–Crippen MR) is 68.1 cm³/mol. The summed E-state index contributed by atoms with van der Waals surface area (Å²) in [4.78, 5) is 23.6. The number of nitrogens with one attached hydrogen (secondary N) is 1. The van der Waals surface area contributed by atoms with Gasteiger partial charge in [0.05, 0.1) is 0 Å². The Morgan fingerprint density at radius 1 is 1.53 bits per heavy atom. The van der Waals surface area contributed by atoms with Gasteiger partial charge in [-0.2, -0.15) is 0 Å². The Labute approximate surface area is 111 Å². The molecule has 17 heavy (non-hydrogen) atoms. The number of carbonyl (C=O) groups excluding carboxylic acids is 1. The molecule has 0 unspecified atom stereocenters. The summed E-state index contributed by atoms with van der Waals surface area (Å²) in [5, 5.41) is 13.5. The van der Waals surface area contributed by atoms with Crippen LogP contribution in [0.5, 0.6) is 0 Å². The van der Waals surface area contributed by atoms with E-state index in [1.165, 1.54) is 0 Å². The highest BCUT2D eigenvalue weighted by Crippen LogP contribution is 2.35. The van der Waals surface area contributed by atoms with Crippen molar-refractivity contribution >= 4 is 39.1 Å². The van der Waals surface area contributed by atoms with E-state index < -0.39 is 11.5 Å². The molecule has 0 saturated heterocycles. The fraction of sp³-hybridized carbons (Fsp3) is 0.455. The number of carbonyl (C=O) groups is 2. The van der Waals surface area contributed by atoms with E-state index in [4.69, 9.17) is 5.11 Å². The van der Waals surface area contributed by atoms with E-state index in [1.807, 2.05) is 11.4 Å². The maximum atomic E-state index is 11.6. The third-order valence-electron chi connectivity index (χ3n) is 2.76. The fourth-order valence-corrected chi connectivity index (χ4v) is 3.02. The van der Waals surface area contributed by atoms with Crippen molar-refractivity contribution in [1.29, 1.82) is 0 Å². The summed E-state index contributed by atoms with van der Waals surface area (Å²) in [6.07, 6.45) is 2.07. The largest absolute Gasteiger partial charge is 0.480 e. The van der Waals surface area contributed by atoms with Gasteiger partial charge >= 0.3 is 5.97 Å². The van der Waals surface area contributed by atoms with Crippen LogP contribution in [0.3, 0.4) is 0 Å². The van der Waals surface area contributed by atoms with Crippen molar-refractivity contribution in [2.45, 2.75) is 31.2 Å². The summed E-state index contributed by atoms with van der Waals surface area (Å²) in [6.45, 7) is 0. The van der Waals surface area contributed by atoms with Gasteiger partial charge in [-0.25, -0.2) is 4.79 Å². The Balaban J connectivity index is 1.80. The van der Waals surface area contributed by atoms with Crippen LogP contribution in [0.15, 0.2) is 15.9 Å². The minimum absolute atomic E-state index is 0.186. The molecule has 1 fully saturated rings. The second kappa shape index (κ2) is 4.78. The van der Waals surface area contributed by atoms with Crippen molar-refractivity contribution in [2.75, 3.05) is 0 Å². The maximum Gasteiger partial charge on any atom is 0.329 e. The average molecular weight is 318 g/mol. The molecule has 0 bridgehead atoms. The Bertz CT molecular complexity index is 453. The second-order valence-electron chi connectivity index (χ2n) is 4.17. The highest BCUT2D eigenvalue weighted by atomic mass is 79.9. The van der Waals surface area contributed by atoms with E-state index in [0.29, 0.717) is 25.7 Å². The van der Waals surface area contributed by atoms with Crippen LogP contribution in [0.2, 0.25) is 0 Å². The first-order chi connectivity index (χ1) is 8.02. The Hall–Kier alpha value is -0.880. The minimum Gasteiger partial charge on any atom is -0.480 e. The van der Waals surface area contributed by atoms with Gasteiger partial charge in [0.25, 0.3) is 0 Å². The third-order valence-corrected chi connectivity index (χ3v) is 4.52. The molecular weight excluding hydrogens is 306 g/mol. The molecule has 1 aromatic heterocycles. The van der Waals surface area contributed by atoms with Crippen molar-refractivity contribution in [1.82, 2.24) is 5.32 Å². The van der Waals surface area contributed by atoms with E-state index >= 15 is 0 Å². The molecule has 0 spiro atoms. The number of aryl methyl sites for hydroxylation is 1. The van der Waals surface area contributed by atoms with Crippen LogP contribution >= 0.6 is 27.3 Å². The molecule has 1 amide bonds. The SMILES string of the molecule is O=C(CCc1cc(Br)cs1)NC1(C(=O)O)CC1. The summed E-state index contributed by atoms with van der Waals surface area (Å²) < 4.78 is 1.02. The predicted octanol–water partition coefficient (Wildman–Crippen LogP) is 2.18. The smallest absolute Gasteiger partial charge is 0.329 e. The lowest BCUT2D eigenvalue weighted by Crippen LogP contribution is -2.43. The first-order valence-electron chi connectivity index (χ1n) is 5.29. The molecule has 1 aromatic rings. The lowest BCUT2D eigenvalue weighted by molar-refractivity contribution is -0.143. The summed E-state index contributed by atoms with van der Waals surface area (Å²) in [6, 6.07) is 1.97. The second-order valence-corrected chi connectivity index (χ2v) is 6.08. The number of amides is 1. The van der Waals surface area contributed by atoms with Gasteiger partial charge in [0, 0.05) is 21.2 Å². The van der Waals surface area contributed by atoms with E-state index in [2.05, 4.69) is 21.2 Å². The first kappa shape index (κ1) is 12.6. The number of carboxylic acid groups (broad SMARTS) is 1. The van der Waals surface area contributed by atoms with E-state index in [9.17, 15) is 9.59 Å². The monoisotopic (exact) mass is 317 g/mol. The van der Waals surface area contributed by atoms with Crippen molar-refractivity contribution < 1.29 is 14.7 Å². The quantitative estimate of drug-likeness (QED) is 0.874. The lowest BCUT2D eigenvalue weighted by Gasteiger charge is -2.11. The van der Waals surface area contributed by atoms with E-state index in [1.54, 1.807) is 11.3 Å². The summed E-state index contributed by atoms with van der Waals surface area (Å²) >= 11 is 4.94. The van der Waals surface area contributed by atoms with Gasteiger partial charge < -0.3 is 10.4 Å². The first-order valence-corrected chi connectivity index (χ1v) is 6.96. The molecule has 6 heteroatoms. The van der Waals surface area contributed by atoms with E-state index in [0.717, 1.165) is 9.35 Å². The van der Waals surface area contributed by atoms with Gasteiger partial charge in [0.2, 0.25) is 5.91 Å². The van der Waals surface area contributed by atoms with Gasteiger partial charge in [0.15, 0.2) is 0 Å². The van der Waals surface area contributed by atoms with Crippen LogP contribution in [0.1, 0.15) is 24.1 Å². The molecule has 1 saturated carbocycles. The number of hydrogen-bond acceptors (Lipinski definition) is 3. The molecule has 4 nitrogen and oxygen atoms in total. The zero-order valence-electron chi connectivity index (χ0n) is 9.03. The van der Waals surface area contributed by atoms with Crippen LogP contribution in [0.25, 0.3) is 0 Å². The molecule has 2 rings (SSSR count). The number of carboxylic acids is 1. The molecule has 92 valence electrons. The summed E-state index contributed by atoms with van der Waals surface area (Å²) in [5.74, 6) is -1.11. The maximum absolute atomic E-state index is 11.6. The van der Waals surface area contributed by atoms with Crippen LogP contribution < -0.4 is 5.32 Å². The molecule has 2 N–H and O–H groups in total. The standard InChI is InChI=1S/C11H12BrNO3S/c12-7-5-8(17-6-7)1-2-9(14)13-11(3-4-11)10(15)16/h5-6H,1-4H2,(H,13,14)(H,15,16). The van der Waals surface area contributed by atoms with Crippen molar-refractivity contribution in [2.24, 2.45) is 0 Å². The average Bonchev–Trinajstić information content (AvgIpc) is 2.92. The van der Waals surface area contributed by atoms with Crippen molar-refractivity contribution in [3.8, 4) is 0 Å². The molecular formula is C11H12BrNO3S. The molecule has 0 radical (unpaired) electrons. The molecule has 1 heterocycles. The van der Waals surface area contributed by atoms with Crippen LogP contribution in [0, 0.1) is 0 Å². The normalized spacial score (nSPS) is 16.5. The number of thiophene rings is 1. The number of halogens is 1. The van der Waals surface area contributed by atoms with Gasteiger partial charge in [0.1, 0.15) is 5.54 Å². The zero-order valence-corrected chi connectivity index (χ0v) is 11.4. The zero-order chi connectivity index (χ0) is 12.5. The molecule has 0 aromatic carbocycles. The van der Waals surface area contributed by atoms with E-state index in [-0.39, 0.29) is 5.91 Å². The van der Waals surface area contributed by atoms with Crippen LogP contribution in [-0.2, 0) is 16.0 Å². The minimum atomic E-state index is -0.965. The lowest BCUT2D eigenvalue weighted by atomic mass is 10.2. The molecule has 1 aliphatic rings. The number of rotatable bonds is 5. The van der Waals surface area contributed by atoms with Gasteiger partial charge in [-0.15, -0.1) is 11.3 Å². The van der Waals surface area contributed by atoms with Crippen molar-refractivity contribution in [3.63, 3.8) is 0 Å². The van der Waals surface area contributed by atoms with Gasteiger partial charge in [-0.3, -0.25) is 4.79 Å². The Morgan fingerprint density at radius 3 is 2.71 bits per heavy atom. The molecule has 0 aliphatic heterocycles. The third kappa shape index (κ3) is 3.07. The fourth-order valence-electron chi connectivity index (χ4n) is 1.57. The molecule has 0 atom stereocenters. The highest BCUT2D eigenvalue weighted by molar-refractivity contribution is 9.10. The van der Waals surface area contributed by atoms with Crippen LogP contribution in [0.4, 0.5) is 0 Å². The Kier molecular flexibility index (Phi) is 3.53. The summed E-state index contributed by atoms with van der Waals surface area (Å²) in [5.41, 5.74) is -0.965. The number of aliphatic carboxylic acids is 1. The van der Waals surface area contributed by atoms with Gasteiger partial charge in [-0.05, 0) is 41.3 Å². The van der Waals surface area contributed by atoms with Crippen LogP contribution in [-0.4, -0.2) is 22.5 Å². The highest BCUT2D eigenvalue weighted by Gasteiger charge is 2.51. The van der Waals surface area contributed by atoms with Gasteiger partial charge in [-0.1, -0.05) is 0 Å². The Morgan fingerprint density at radius 2 is 2.24 bits per heavy atom. The topological polar surface area (TPSA) is 66.4 Å².